The second-order valence-electron chi connectivity index (χ2n) is 6.55. The minimum atomic E-state index is -0.841. The van der Waals surface area contributed by atoms with Crippen molar-refractivity contribution in [1.29, 1.82) is 0 Å². The fraction of sp³-hybridized carbons (Fsp3) is 0.389. The van der Waals surface area contributed by atoms with Gasteiger partial charge in [-0.2, -0.15) is 5.10 Å². The number of carbonyl (C=O) groups excluding carboxylic acids is 2. The summed E-state index contributed by atoms with van der Waals surface area (Å²) in [7, 11) is 3.46. The lowest BCUT2D eigenvalue weighted by atomic mass is 10.00. The molecule has 0 spiro atoms. The third kappa shape index (κ3) is 2.87. The quantitative estimate of drug-likeness (QED) is 0.795. The van der Waals surface area contributed by atoms with Gasteiger partial charge >= 0.3 is 0 Å². The highest BCUT2D eigenvalue weighted by atomic mass is 16.7. The van der Waals surface area contributed by atoms with Crippen molar-refractivity contribution in [2.24, 2.45) is 7.05 Å². The van der Waals surface area contributed by atoms with Crippen LogP contribution in [0.25, 0.3) is 0 Å². The summed E-state index contributed by atoms with van der Waals surface area (Å²) in [6.45, 7) is 0.557. The van der Waals surface area contributed by atoms with Gasteiger partial charge in [-0.3, -0.25) is 19.1 Å². The van der Waals surface area contributed by atoms with Crippen molar-refractivity contribution >= 4 is 11.8 Å². The van der Waals surface area contributed by atoms with Gasteiger partial charge in [0.25, 0.3) is 5.91 Å². The van der Waals surface area contributed by atoms with Crippen LogP contribution in [-0.2, 0) is 39.4 Å². The molecule has 8 nitrogen and oxygen atoms in total. The molecule has 4 rings (SSSR count). The van der Waals surface area contributed by atoms with Crippen LogP contribution >= 0.6 is 0 Å². The predicted octanol–water partition coefficient (Wildman–Crippen LogP) is 0.792. The second kappa shape index (κ2) is 6.54. The standard InChI is InChI=1S/C18H20N4O4/c1-20-8-14(7-19-20)16-17(25-11-15(23)21(16)2)18(24)22-9-12-5-3-4-6-13(12)10-26-22/h3-8,16-17H,9-11H2,1-2H3/t16-,17-/m1/s1. The first-order valence-corrected chi connectivity index (χ1v) is 8.41. The van der Waals surface area contributed by atoms with Crippen LogP contribution in [0.5, 0.6) is 0 Å². The lowest BCUT2D eigenvalue weighted by Crippen LogP contribution is -2.54. The van der Waals surface area contributed by atoms with Crippen molar-refractivity contribution in [3.05, 3.63) is 53.3 Å². The molecule has 1 saturated heterocycles. The van der Waals surface area contributed by atoms with Gasteiger partial charge in [0.05, 0.1) is 18.8 Å². The number of hydrogen-bond acceptors (Lipinski definition) is 5. The second-order valence-corrected chi connectivity index (χ2v) is 6.55. The number of likely N-dealkylation sites (N-methyl/N-ethyl adjacent to an activating group) is 1. The van der Waals surface area contributed by atoms with E-state index in [0.29, 0.717) is 13.2 Å². The highest BCUT2D eigenvalue weighted by molar-refractivity contribution is 5.86. The number of fused-ring (bicyclic) bond motifs is 1. The fourth-order valence-corrected chi connectivity index (χ4v) is 3.39. The Balaban J connectivity index is 1.60. The number of carbonyl (C=O) groups is 2. The molecule has 8 heteroatoms. The number of amides is 2. The fourth-order valence-electron chi connectivity index (χ4n) is 3.39. The zero-order valence-electron chi connectivity index (χ0n) is 14.7. The van der Waals surface area contributed by atoms with E-state index >= 15 is 0 Å². The van der Waals surface area contributed by atoms with Crippen molar-refractivity contribution < 1.29 is 19.2 Å². The van der Waals surface area contributed by atoms with Gasteiger partial charge < -0.3 is 9.64 Å². The first-order valence-electron chi connectivity index (χ1n) is 8.41. The predicted molar refractivity (Wildman–Crippen MR) is 90.2 cm³/mol. The van der Waals surface area contributed by atoms with E-state index in [2.05, 4.69) is 5.10 Å². The third-order valence-electron chi connectivity index (χ3n) is 4.85. The molecule has 0 aliphatic carbocycles. The van der Waals surface area contributed by atoms with E-state index in [1.54, 1.807) is 36.1 Å². The number of ether oxygens (including phenoxy) is 1. The maximum absolute atomic E-state index is 13.1. The molecule has 1 aromatic carbocycles. The highest BCUT2D eigenvalue weighted by Gasteiger charge is 2.43. The Morgan fingerprint density at radius 2 is 1.96 bits per heavy atom. The molecule has 0 radical (unpaired) electrons. The molecule has 1 fully saturated rings. The van der Waals surface area contributed by atoms with Gasteiger partial charge in [-0.05, 0) is 11.1 Å². The third-order valence-corrected chi connectivity index (χ3v) is 4.85. The number of rotatable bonds is 2. The lowest BCUT2D eigenvalue weighted by Gasteiger charge is -2.40. The van der Waals surface area contributed by atoms with Gasteiger partial charge in [0.2, 0.25) is 5.91 Å². The molecule has 0 bridgehead atoms. The highest BCUT2D eigenvalue weighted by Crippen LogP contribution is 2.31. The minimum Gasteiger partial charge on any atom is -0.356 e. The molecule has 0 saturated carbocycles. The smallest absolute Gasteiger partial charge is 0.278 e. The molecule has 136 valence electrons. The number of nitrogens with zero attached hydrogens (tertiary/aromatic N) is 4. The van der Waals surface area contributed by atoms with Crippen molar-refractivity contribution in [3.8, 4) is 0 Å². The minimum absolute atomic E-state index is 0.131. The first kappa shape index (κ1) is 16.7. The topological polar surface area (TPSA) is 76.9 Å². The first-order chi connectivity index (χ1) is 12.5. The summed E-state index contributed by atoms with van der Waals surface area (Å²) in [4.78, 5) is 32.4. The van der Waals surface area contributed by atoms with E-state index < -0.39 is 12.1 Å². The molecule has 0 N–H and O–H groups in total. The maximum atomic E-state index is 13.1. The largest absolute Gasteiger partial charge is 0.356 e. The van der Waals surface area contributed by atoms with Crippen LogP contribution < -0.4 is 0 Å². The molecule has 0 unspecified atom stereocenters. The molecule has 26 heavy (non-hydrogen) atoms. The lowest BCUT2D eigenvalue weighted by molar-refractivity contribution is -0.217. The van der Waals surface area contributed by atoms with Crippen LogP contribution in [0.15, 0.2) is 36.7 Å². The van der Waals surface area contributed by atoms with Gasteiger partial charge in [0, 0.05) is 25.9 Å². The maximum Gasteiger partial charge on any atom is 0.278 e. The van der Waals surface area contributed by atoms with Gasteiger partial charge in [0.1, 0.15) is 13.2 Å². The van der Waals surface area contributed by atoms with Gasteiger partial charge in [-0.1, -0.05) is 24.3 Å². The summed E-state index contributed by atoms with van der Waals surface area (Å²) in [6.07, 6.45) is 2.60. The van der Waals surface area contributed by atoms with E-state index in [9.17, 15) is 9.59 Å². The van der Waals surface area contributed by atoms with Crippen molar-refractivity contribution in [2.75, 3.05) is 13.7 Å². The van der Waals surface area contributed by atoms with E-state index in [1.807, 2.05) is 24.3 Å². The molecular formula is C18H20N4O4. The average Bonchev–Trinajstić information content (AvgIpc) is 3.08. The summed E-state index contributed by atoms with van der Waals surface area (Å²) in [5.41, 5.74) is 2.86. The van der Waals surface area contributed by atoms with Crippen molar-refractivity contribution in [3.63, 3.8) is 0 Å². The molecule has 2 aliphatic heterocycles. The molecule has 2 aliphatic rings. The summed E-state index contributed by atoms with van der Waals surface area (Å²) in [6, 6.07) is 7.31. The molecule has 2 aromatic rings. The summed E-state index contributed by atoms with van der Waals surface area (Å²) in [5.74, 6) is -0.472. The summed E-state index contributed by atoms with van der Waals surface area (Å²) < 4.78 is 7.28. The van der Waals surface area contributed by atoms with Crippen LogP contribution in [0.1, 0.15) is 22.7 Å². The van der Waals surface area contributed by atoms with Gasteiger partial charge in [-0.15, -0.1) is 0 Å². The molecule has 1 aromatic heterocycles. The SMILES string of the molecule is CN1C(=O)CO[C@@H](C(=O)N2Cc3ccccc3CO2)[C@H]1c1cnn(C)c1. The Morgan fingerprint density at radius 1 is 1.19 bits per heavy atom. The summed E-state index contributed by atoms with van der Waals surface area (Å²) >= 11 is 0. The Labute approximate surface area is 150 Å². The zero-order chi connectivity index (χ0) is 18.3. The van der Waals surface area contributed by atoms with E-state index in [4.69, 9.17) is 9.57 Å². The van der Waals surface area contributed by atoms with E-state index in [-0.39, 0.29) is 18.4 Å². The van der Waals surface area contributed by atoms with Crippen molar-refractivity contribution in [2.45, 2.75) is 25.3 Å². The number of aromatic nitrogens is 2. The van der Waals surface area contributed by atoms with E-state index in [1.165, 1.54) is 5.06 Å². The van der Waals surface area contributed by atoms with Gasteiger partial charge in [-0.25, -0.2) is 5.06 Å². The van der Waals surface area contributed by atoms with Crippen LogP contribution in [0.3, 0.4) is 0 Å². The molecule has 2 amide bonds. The number of aryl methyl sites for hydroxylation is 1. The Hall–Kier alpha value is -2.71. The molecule has 3 heterocycles. The Bertz CT molecular complexity index is 849. The monoisotopic (exact) mass is 356 g/mol. The van der Waals surface area contributed by atoms with Crippen LogP contribution in [0.4, 0.5) is 0 Å². The van der Waals surface area contributed by atoms with Crippen molar-refractivity contribution in [1.82, 2.24) is 19.7 Å². The van der Waals surface area contributed by atoms with E-state index in [0.717, 1.165) is 16.7 Å². The average molecular weight is 356 g/mol. The van der Waals surface area contributed by atoms with Gasteiger partial charge in [0.15, 0.2) is 6.10 Å². The Morgan fingerprint density at radius 3 is 2.69 bits per heavy atom. The number of benzene rings is 1. The zero-order valence-corrected chi connectivity index (χ0v) is 14.7. The normalized spacial score (nSPS) is 23.1. The van der Waals surface area contributed by atoms with Crippen LogP contribution in [0.2, 0.25) is 0 Å². The number of hydrogen-bond donors (Lipinski definition) is 0. The molecule has 2 atom stereocenters. The Kier molecular flexibility index (Phi) is 4.21. The molecular weight excluding hydrogens is 336 g/mol. The summed E-state index contributed by atoms with van der Waals surface area (Å²) in [5, 5.41) is 5.49. The number of morpholine rings is 1. The number of hydroxylamine groups is 2. The van der Waals surface area contributed by atoms with Crippen LogP contribution in [0, 0.1) is 0 Å². The van der Waals surface area contributed by atoms with Crippen LogP contribution in [-0.4, -0.2) is 51.3 Å².